The number of benzene rings is 1. The molecule has 0 unspecified atom stereocenters. The monoisotopic (exact) mass is 218 g/mol. The standard InChI is InChI=1S/C12H18N4/c1-2-8-14-12(15-13)16-9-7-10-5-3-4-6-11(10)16/h3-6H,2,7-9,13H2,1H3,(H,14,15). The third-order valence-corrected chi connectivity index (χ3v) is 2.76. The van der Waals surface area contributed by atoms with Gasteiger partial charge in [-0.15, -0.1) is 0 Å². The van der Waals surface area contributed by atoms with Crippen molar-refractivity contribution in [2.45, 2.75) is 19.8 Å². The zero-order valence-corrected chi connectivity index (χ0v) is 9.61. The first kappa shape index (κ1) is 11.0. The second kappa shape index (κ2) is 4.99. The molecule has 0 amide bonds. The van der Waals surface area contributed by atoms with Crippen LogP contribution in [0.4, 0.5) is 5.69 Å². The summed E-state index contributed by atoms with van der Waals surface area (Å²) >= 11 is 0. The second-order valence-corrected chi connectivity index (χ2v) is 3.88. The molecule has 2 rings (SSSR count). The fourth-order valence-corrected chi connectivity index (χ4v) is 1.98. The quantitative estimate of drug-likeness (QED) is 0.340. The van der Waals surface area contributed by atoms with Gasteiger partial charge in [0.1, 0.15) is 0 Å². The summed E-state index contributed by atoms with van der Waals surface area (Å²) in [5, 5.41) is 0. The van der Waals surface area contributed by atoms with E-state index in [4.69, 9.17) is 5.84 Å². The van der Waals surface area contributed by atoms with Crippen LogP contribution in [-0.2, 0) is 6.42 Å². The number of anilines is 1. The van der Waals surface area contributed by atoms with Gasteiger partial charge in [0.05, 0.1) is 0 Å². The summed E-state index contributed by atoms with van der Waals surface area (Å²) < 4.78 is 0. The maximum atomic E-state index is 5.53. The highest BCUT2D eigenvalue weighted by atomic mass is 15.4. The molecule has 0 fully saturated rings. The molecular formula is C12H18N4. The molecule has 1 aromatic carbocycles. The number of aliphatic imine (C=N–C) groups is 1. The van der Waals surface area contributed by atoms with Gasteiger partial charge in [0.2, 0.25) is 5.96 Å². The van der Waals surface area contributed by atoms with E-state index in [-0.39, 0.29) is 0 Å². The third kappa shape index (κ3) is 2.02. The molecule has 1 aliphatic rings. The Bertz CT molecular complexity index is 386. The van der Waals surface area contributed by atoms with Crippen molar-refractivity contribution >= 4 is 11.6 Å². The lowest BCUT2D eigenvalue weighted by Crippen LogP contribution is -2.44. The van der Waals surface area contributed by atoms with Crippen LogP contribution in [0.5, 0.6) is 0 Å². The molecule has 86 valence electrons. The first-order valence-corrected chi connectivity index (χ1v) is 5.73. The zero-order valence-electron chi connectivity index (χ0n) is 9.61. The fourth-order valence-electron chi connectivity index (χ4n) is 1.98. The maximum absolute atomic E-state index is 5.53. The molecule has 0 bridgehead atoms. The number of guanidine groups is 1. The number of nitrogens with two attached hydrogens (primary N) is 1. The van der Waals surface area contributed by atoms with Crippen molar-refractivity contribution in [1.82, 2.24) is 5.43 Å². The lowest BCUT2D eigenvalue weighted by Gasteiger charge is -2.20. The van der Waals surface area contributed by atoms with Gasteiger partial charge in [-0.3, -0.25) is 10.4 Å². The Morgan fingerprint density at radius 2 is 2.31 bits per heavy atom. The number of fused-ring (bicyclic) bond motifs is 1. The number of hydrogen-bond donors (Lipinski definition) is 2. The van der Waals surface area contributed by atoms with Gasteiger partial charge in [-0.25, -0.2) is 5.84 Å². The minimum absolute atomic E-state index is 0.770. The van der Waals surface area contributed by atoms with Crippen LogP contribution < -0.4 is 16.2 Å². The van der Waals surface area contributed by atoms with Crippen LogP contribution in [-0.4, -0.2) is 19.0 Å². The normalized spacial score (nSPS) is 15.1. The Morgan fingerprint density at radius 1 is 1.50 bits per heavy atom. The number of rotatable bonds is 2. The molecule has 4 heteroatoms. The highest BCUT2D eigenvalue weighted by molar-refractivity contribution is 5.97. The number of hydrazine groups is 1. The van der Waals surface area contributed by atoms with E-state index in [0.29, 0.717) is 0 Å². The summed E-state index contributed by atoms with van der Waals surface area (Å²) in [6, 6.07) is 8.39. The molecule has 0 atom stereocenters. The molecule has 0 saturated heterocycles. The van der Waals surface area contributed by atoms with E-state index in [0.717, 1.165) is 31.9 Å². The molecular weight excluding hydrogens is 200 g/mol. The molecule has 1 aromatic rings. The third-order valence-electron chi connectivity index (χ3n) is 2.76. The lowest BCUT2D eigenvalue weighted by molar-refractivity contribution is 0.873. The maximum Gasteiger partial charge on any atom is 0.212 e. The summed E-state index contributed by atoms with van der Waals surface area (Å²) in [6.45, 7) is 3.86. The smallest absolute Gasteiger partial charge is 0.212 e. The van der Waals surface area contributed by atoms with Crippen molar-refractivity contribution < 1.29 is 0 Å². The van der Waals surface area contributed by atoms with Crippen LogP contribution in [0.25, 0.3) is 0 Å². The Kier molecular flexibility index (Phi) is 3.41. The molecule has 0 aliphatic carbocycles. The predicted molar refractivity (Wildman–Crippen MR) is 67.4 cm³/mol. The van der Waals surface area contributed by atoms with Crippen LogP contribution in [0.15, 0.2) is 29.3 Å². The molecule has 4 nitrogen and oxygen atoms in total. The summed E-state index contributed by atoms with van der Waals surface area (Å²) in [6.07, 6.45) is 2.09. The molecule has 1 heterocycles. The number of nitrogens with one attached hydrogen (secondary N) is 1. The fraction of sp³-hybridized carbons (Fsp3) is 0.417. The Balaban J connectivity index is 2.23. The van der Waals surface area contributed by atoms with Crippen LogP contribution in [0.3, 0.4) is 0 Å². The molecule has 0 aromatic heterocycles. The number of hydrogen-bond acceptors (Lipinski definition) is 2. The largest absolute Gasteiger partial charge is 0.311 e. The molecule has 1 aliphatic heterocycles. The zero-order chi connectivity index (χ0) is 11.4. The topological polar surface area (TPSA) is 53.6 Å². The number of nitrogens with zero attached hydrogens (tertiary/aromatic N) is 2. The van der Waals surface area contributed by atoms with Gasteiger partial charge < -0.3 is 4.90 Å². The van der Waals surface area contributed by atoms with Crippen LogP contribution in [0.1, 0.15) is 18.9 Å². The summed E-state index contributed by atoms with van der Waals surface area (Å²) in [7, 11) is 0. The Hall–Kier alpha value is -1.55. The van der Waals surface area contributed by atoms with Gasteiger partial charge in [-0.2, -0.15) is 0 Å². The van der Waals surface area contributed by atoms with Gasteiger partial charge in [-0.1, -0.05) is 25.1 Å². The van der Waals surface area contributed by atoms with E-state index < -0.39 is 0 Å². The highest BCUT2D eigenvalue weighted by Crippen LogP contribution is 2.27. The van der Waals surface area contributed by atoms with E-state index in [9.17, 15) is 0 Å². The van der Waals surface area contributed by atoms with E-state index in [1.54, 1.807) is 0 Å². The molecule has 16 heavy (non-hydrogen) atoms. The van der Waals surface area contributed by atoms with Gasteiger partial charge in [0.15, 0.2) is 0 Å². The molecule has 0 radical (unpaired) electrons. The average Bonchev–Trinajstić information content (AvgIpc) is 2.75. The van der Waals surface area contributed by atoms with Gasteiger partial charge in [0.25, 0.3) is 0 Å². The Labute approximate surface area is 96.1 Å². The van der Waals surface area contributed by atoms with E-state index in [2.05, 4.69) is 40.4 Å². The van der Waals surface area contributed by atoms with Gasteiger partial charge in [0, 0.05) is 18.8 Å². The predicted octanol–water partition coefficient (Wildman–Crippen LogP) is 1.28. The minimum atomic E-state index is 0.770. The summed E-state index contributed by atoms with van der Waals surface area (Å²) in [5.74, 6) is 6.30. The molecule has 0 saturated carbocycles. The van der Waals surface area contributed by atoms with E-state index in [1.807, 2.05) is 6.07 Å². The average molecular weight is 218 g/mol. The Morgan fingerprint density at radius 3 is 3.06 bits per heavy atom. The van der Waals surface area contributed by atoms with Crippen molar-refractivity contribution in [1.29, 1.82) is 0 Å². The van der Waals surface area contributed by atoms with Gasteiger partial charge in [-0.05, 0) is 24.5 Å². The minimum Gasteiger partial charge on any atom is -0.311 e. The molecule has 0 spiro atoms. The first-order valence-electron chi connectivity index (χ1n) is 5.73. The summed E-state index contributed by atoms with van der Waals surface area (Å²) in [4.78, 5) is 6.59. The van der Waals surface area contributed by atoms with Crippen molar-refractivity contribution in [3.8, 4) is 0 Å². The first-order chi connectivity index (χ1) is 7.86. The van der Waals surface area contributed by atoms with Crippen LogP contribution >= 0.6 is 0 Å². The van der Waals surface area contributed by atoms with Crippen LogP contribution in [0.2, 0.25) is 0 Å². The van der Waals surface area contributed by atoms with Crippen molar-refractivity contribution in [3.05, 3.63) is 29.8 Å². The van der Waals surface area contributed by atoms with Gasteiger partial charge >= 0.3 is 0 Å². The summed E-state index contributed by atoms with van der Waals surface area (Å²) in [5.41, 5.74) is 5.28. The number of para-hydroxylation sites is 1. The lowest BCUT2D eigenvalue weighted by atomic mass is 10.2. The van der Waals surface area contributed by atoms with E-state index >= 15 is 0 Å². The second-order valence-electron chi connectivity index (χ2n) is 3.88. The van der Waals surface area contributed by atoms with Crippen molar-refractivity contribution in [2.24, 2.45) is 10.8 Å². The van der Waals surface area contributed by atoms with Crippen LogP contribution in [0, 0.1) is 0 Å². The molecule has 3 N–H and O–H groups in total. The van der Waals surface area contributed by atoms with E-state index in [1.165, 1.54) is 11.3 Å². The van der Waals surface area contributed by atoms with Crippen molar-refractivity contribution in [2.75, 3.05) is 18.0 Å². The SMILES string of the molecule is CCCN=C(NN)N1CCc2ccccc21. The van der Waals surface area contributed by atoms with Crippen molar-refractivity contribution in [3.63, 3.8) is 0 Å². The highest BCUT2D eigenvalue weighted by Gasteiger charge is 2.21.